The van der Waals surface area contributed by atoms with E-state index in [1.54, 1.807) is 36.4 Å². The number of benzene rings is 4. The maximum atomic E-state index is 14.0. The summed E-state index contributed by atoms with van der Waals surface area (Å²) in [6.07, 6.45) is 0. The third kappa shape index (κ3) is 2.40. The van der Waals surface area contributed by atoms with Gasteiger partial charge in [0.1, 0.15) is 5.92 Å². The quantitative estimate of drug-likeness (QED) is 0.235. The van der Waals surface area contributed by atoms with Gasteiger partial charge in [-0.1, -0.05) is 91.0 Å². The molecular formula is C30H20N2O4. The Kier molecular flexibility index (Phi) is 4.16. The van der Waals surface area contributed by atoms with Crippen LogP contribution in [0.1, 0.15) is 28.2 Å². The summed E-state index contributed by atoms with van der Waals surface area (Å²) in [5, 5.41) is 13.0. The van der Waals surface area contributed by atoms with E-state index in [1.165, 1.54) is 4.90 Å². The molecule has 0 unspecified atom stereocenters. The fourth-order valence-electron chi connectivity index (χ4n) is 6.73. The second-order valence-electron chi connectivity index (χ2n) is 9.60. The zero-order chi connectivity index (χ0) is 24.6. The van der Waals surface area contributed by atoms with Gasteiger partial charge in [-0.25, -0.2) is 4.90 Å². The van der Waals surface area contributed by atoms with Gasteiger partial charge in [0.2, 0.25) is 11.8 Å². The van der Waals surface area contributed by atoms with E-state index >= 15 is 0 Å². The number of anilines is 1. The van der Waals surface area contributed by atoms with Gasteiger partial charge in [0, 0.05) is 22.0 Å². The topological polar surface area (TPSA) is 80.5 Å². The predicted molar refractivity (Wildman–Crippen MR) is 134 cm³/mol. The van der Waals surface area contributed by atoms with Gasteiger partial charge >= 0.3 is 0 Å². The van der Waals surface area contributed by atoms with Crippen LogP contribution in [0.2, 0.25) is 0 Å². The molecule has 174 valence electrons. The number of imide groups is 1. The van der Waals surface area contributed by atoms with Gasteiger partial charge < -0.3 is 0 Å². The van der Waals surface area contributed by atoms with Crippen LogP contribution in [0.15, 0.2) is 103 Å². The first-order chi connectivity index (χ1) is 17.5. The summed E-state index contributed by atoms with van der Waals surface area (Å²) < 4.78 is 0. The van der Waals surface area contributed by atoms with Gasteiger partial charge in [-0.3, -0.25) is 19.7 Å². The van der Waals surface area contributed by atoms with Crippen molar-refractivity contribution >= 4 is 17.5 Å². The molecule has 4 aliphatic rings. The first kappa shape index (κ1) is 20.8. The number of hydrogen-bond acceptors (Lipinski definition) is 4. The summed E-state index contributed by atoms with van der Waals surface area (Å²) in [6, 6.07) is 31.5. The average molecular weight is 473 g/mol. The molecule has 0 N–H and O–H groups in total. The van der Waals surface area contributed by atoms with E-state index in [2.05, 4.69) is 0 Å². The molecule has 1 heterocycles. The van der Waals surface area contributed by atoms with Crippen LogP contribution in [-0.2, 0) is 15.1 Å². The van der Waals surface area contributed by atoms with Crippen molar-refractivity contribution in [3.8, 4) is 11.1 Å². The minimum Gasteiger partial charge on any atom is -0.274 e. The number of amides is 2. The summed E-state index contributed by atoms with van der Waals surface area (Å²) in [4.78, 5) is 41.8. The van der Waals surface area contributed by atoms with Crippen molar-refractivity contribution in [3.05, 3.63) is 135 Å². The fourth-order valence-corrected chi connectivity index (χ4v) is 6.73. The molecular weight excluding hydrogens is 452 g/mol. The van der Waals surface area contributed by atoms with E-state index in [9.17, 15) is 19.7 Å². The van der Waals surface area contributed by atoms with E-state index in [0.29, 0.717) is 16.8 Å². The number of rotatable bonds is 3. The molecule has 1 fully saturated rings. The van der Waals surface area contributed by atoms with E-state index in [0.717, 1.165) is 22.3 Å². The molecule has 0 aromatic heterocycles. The third-order valence-electron chi connectivity index (χ3n) is 8.09. The largest absolute Gasteiger partial charge is 0.285 e. The lowest BCUT2D eigenvalue weighted by atomic mass is 9.51. The Labute approximate surface area is 207 Å². The van der Waals surface area contributed by atoms with Gasteiger partial charge in [0.15, 0.2) is 0 Å². The molecule has 4 aromatic carbocycles. The summed E-state index contributed by atoms with van der Waals surface area (Å²) in [7, 11) is 0. The number of carbonyl (C=O) groups is 2. The van der Waals surface area contributed by atoms with Crippen LogP contribution in [-0.4, -0.2) is 16.7 Å². The summed E-state index contributed by atoms with van der Waals surface area (Å²) in [6.45, 7) is 0. The van der Waals surface area contributed by atoms with Crippen LogP contribution < -0.4 is 4.90 Å². The lowest BCUT2D eigenvalue weighted by Gasteiger charge is -2.48. The van der Waals surface area contributed by atoms with Crippen molar-refractivity contribution in [2.45, 2.75) is 11.5 Å². The highest BCUT2D eigenvalue weighted by molar-refractivity contribution is 6.23. The van der Waals surface area contributed by atoms with Crippen LogP contribution in [0, 0.1) is 22.0 Å². The lowest BCUT2D eigenvalue weighted by Crippen LogP contribution is -2.57. The highest BCUT2D eigenvalue weighted by Gasteiger charge is 2.74. The molecule has 6 heteroatoms. The van der Waals surface area contributed by atoms with E-state index in [1.807, 2.05) is 66.7 Å². The van der Waals surface area contributed by atoms with Gasteiger partial charge in [-0.2, -0.15) is 0 Å². The Morgan fingerprint density at radius 2 is 1.19 bits per heavy atom. The van der Waals surface area contributed by atoms with Crippen LogP contribution in [0.4, 0.5) is 5.69 Å². The second kappa shape index (κ2) is 7.21. The molecule has 6 nitrogen and oxygen atoms in total. The molecule has 8 rings (SSSR count). The molecule has 1 aliphatic heterocycles. The Morgan fingerprint density at radius 3 is 1.78 bits per heavy atom. The molecule has 1 saturated heterocycles. The maximum absolute atomic E-state index is 14.0. The van der Waals surface area contributed by atoms with Crippen molar-refractivity contribution in [1.29, 1.82) is 0 Å². The van der Waals surface area contributed by atoms with Crippen LogP contribution in [0.5, 0.6) is 0 Å². The number of nitro groups is 1. The van der Waals surface area contributed by atoms with Gasteiger partial charge in [-0.05, 0) is 34.4 Å². The molecule has 2 atom stereocenters. The Balaban J connectivity index is 1.41. The first-order valence-corrected chi connectivity index (χ1v) is 11.9. The summed E-state index contributed by atoms with van der Waals surface area (Å²) >= 11 is 0. The van der Waals surface area contributed by atoms with Crippen molar-refractivity contribution < 1.29 is 14.5 Å². The normalized spacial score (nSPS) is 25.3. The number of nitrogens with zero attached hydrogens (tertiary/aromatic N) is 2. The highest BCUT2D eigenvalue weighted by Crippen LogP contribution is 2.64. The third-order valence-corrected chi connectivity index (χ3v) is 8.09. The Hall–Kier alpha value is -4.58. The van der Waals surface area contributed by atoms with Crippen molar-refractivity contribution in [2.75, 3.05) is 4.90 Å². The summed E-state index contributed by atoms with van der Waals surface area (Å²) in [5.74, 6) is -3.24. The molecule has 0 radical (unpaired) electrons. The second-order valence-corrected chi connectivity index (χ2v) is 9.60. The number of carbonyl (C=O) groups excluding carboxylic acids is 2. The molecule has 0 saturated carbocycles. The van der Waals surface area contributed by atoms with Gasteiger partial charge in [0.05, 0.1) is 11.6 Å². The molecule has 3 aliphatic carbocycles. The van der Waals surface area contributed by atoms with E-state index in [-0.39, 0.29) is 10.8 Å². The molecule has 4 aromatic rings. The van der Waals surface area contributed by atoms with Gasteiger partial charge in [0.25, 0.3) is 5.54 Å². The Bertz CT molecular complexity index is 1530. The molecule has 2 amide bonds. The van der Waals surface area contributed by atoms with Crippen LogP contribution >= 0.6 is 0 Å². The Morgan fingerprint density at radius 1 is 0.667 bits per heavy atom. The smallest absolute Gasteiger partial charge is 0.274 e. The van der Waals surface area contributed by atoms with Crippen LogP contribution in [0.25, 0.3) is 11.1 Å². The van der Waals surface area contributed by atoms with E-state index in [4.69, 9.17) is 0 Å². The monoisotopic (exact) mass is 472 g/mol. The first-order valence-electron chi connectivity index (χ1n) is 11.9. The highest BCUT2D eigenvalue weighted by atomic mass is 16.6. The molecule has 2 bridgehead atoms. The fraction of sp³-hybridized carbons (Fsp3) is 0.133. The minimum absolute atomic E-state index is 0.342. The zero-order valence-electron chi connectivity index (χ0n) is 19.1. The molecule has 36 heavy (non-hydrogen) atoms. The molecule has 0 spiro atoms. The van der Waals surface area contributed by atoms with Crippen LogP contribution in [0.3, 0.4) is 0 Å². The zero-order valence-corrected chi connectivity index (χ0v) is 19.1. The minimum atomic E-state index is -1.81. The number of hydrogen-bond donors (Lipinski definition) is 0. The van der Waals surface area contributed by atoms with Crippen molar-refractivity contribution in [3.63, 3.8) is 0 Å². The SMILES string of the molecule is O=C1[C@@H]2[C@@H](C(=O)N1c1ccc(-c3ccccc3)cc1)C1c3ccccc3C2([N+](=O)[O-])c2ccccc21. The maximum Gasteiger partial charge on any atom is 0.285 e. The van der Waals surface area contributed by atoms with Crippen molar-refractivity contribution in [1.82, 2.24) is 0 Å². The predicted octanol–water partition coefficient (Wildman–Crippen LogP) is 5.14. The van der Waals surface area contributed by atoms with Crippen molar-refractivity contribution in [2.24, 2.45) is 11.8 Å². The standard InChI is InChI=1S/C30H20N2O4/c33-28-26-25-21-10-4-6-12-23(21)30(32(35)36,24-13-7-5-11-22(24)25)27(26)29(34)31(28)20-16-14-19(15-17-20)18-8-2-1-3-9-18/h1-17,25-27H/t25?,26-,27-,30?/m0/s1. The van der Waals surface area contributed by atoms with Gasteiger partial charge in [-0.15, -0.1) is 0 Å². The average Bonchev–Trinajstić information content (AvgIpc) is 3.19. The van der Waals surface area contributed by atoms with E-state index < -0.39 is 29.2 Å². The lowest BCUT2D eigenvalue weighted by molar-refractivity contribution is -0.578. The summed E-state index contributed by atoms with van der Waals surface area (Å²) in [5.41, 5.74) is 3.16.